The normalized spacial score (nSPS) is 10.9. The van der Waals surface area contributed by atoms with Crippen LogP contribution in [0.25, 0.3) is 0 Å². The van der Waals surface area contributed by atoms with Crippen LogP contribution in [0.1, 0.15) is 19.4 Å². The average molecular weight is 234 g/mol. The summed E-state index contributed by atoms with van der Waals surface area (Å²) in [6.07, 6.45) is 1.92. The molecular formula is C14H22N2O. The molecule has 0 aliphatic rings. The quantitative estimate of drug-likeness (QED) is 0.607. The molecule has 1 rings (SSSR count). The smallest absolute Gasteiger partial charge is 0.125 e. The van der Waals surface area contributed by atoms with Gasteiger partial charge in [0.15, 0.2) is 0 Å². The molecule has 0 heterocycles. The number of rotatable bonds is 6. The molecular weight excluding hydrogens is 212 g/mol. The predicted molar refractivity (Wildman–Crippen MR) is 73.1 cm³/mol. The van der Waals surface area contributed by atoms with E-state index in [2.05, 4.69) is 25.3 Å². The molecule has 0 saturated carbocycles. The van der Waals surface area contributed by atoms with Crippen molar-refractivity contribution in [1.82, 2.24) is 4.90 Å². The Bertz CT molecular complexity index is 374. The summed E-state index contributed by atoms with van der Waals surface area (Å²) < 4.78 is 5.35. The topological polar surface area (TPSA) is 38.5 Å². The highest BCUT2D eigenvalue weighted by Crippen LogP contribution is 2.23. The molecule has 1 aromatic carbocycles. The standard InChI is InChI=1S/C14H22N2O/c1-5-8-16(11(2)3)10-12-6-7-13(15)9-14(12)17-4/h5-7,9,11H,1,8,10,15H2,2-4H3. The predicted octanol–water partition coefficient (Wildman–Crippen LogP) is 2.67. The van der Waals surface area contributed by atoms with Crippen LogP contribution in [0.2, 0.25) is 0 Å². The van der Waals surface area contributed by atoms with E-state index in [0.717, 1.165) is 30.1 Å². The van der Waals surface area contributed by atoms with Crippen molar-refractivity contribution < 1.29 is 4.74 Å². The highest BCUT2D eigenvalue weighted by molar-refractivity contribution is 5.48. The lowest BCUT2D eigenvalue weighted by Gasteiger charge is -2.25. The van der Waals surface area contributed by atoms with Gasteiger partial charge in [-0.15, -0.1) is 6.58 Å². The third-order valence-electron chi connectivity index (χ3n) is 2.78. The summed E-state index contributed by atoms with van der Waals surface area (Å²) in [7, 11) is 1.67. The highest BCUT2D eigenvalue weighted by Gasteiger charge is 2.11. The number of nitrogen functional groups attached to an aromatic ring is 1. The number of ether oxygens (including phenoxy) is 1. The number of anilines is 1. The number of nitrogens with two attached hydrogens (primary N) is 1. The Kier molecular flexibility index (Phi) is 5.04. The van der Waals surface area contributed by atoms with Crippen molar-refractivity contribution in [2.45, 2.75) is 26.4 Å². The Morgan fingerprint density at radius 2 is 2.18 bits per heavy atom. The summed E-state index contributed by atoms with van der Waals surface area (Å²) in [6.45, 7) is 9.84. The first-order valence-corrected chi connectivity index (χ1v) is 5.85. The van der Waals surface area contributed by atoms with Gasteiger partial charge >= 0.3 is 0 Å². The highest BCUT2D eigenvalue weighted by atomic mass is 16.5. The van der Waals surface area contributed by atoms with Gasteiger partial charge in [0.05, 0.1) is 7.11 Å². The minimum absolute atomic E-state index is 0.468. The van der Waals surface area contributed by atoms with Crippen molar-refractivity contribution in [3.05, 3.63) is 36.4 Å². The molecule has 0 bridgehead atoms. The van der Waals surface area contributed by atoms with Gasteiger partial charge < -0.3 is 10.5 Å². The molecule has 0 aromatic heterocycles. The first kappa shape index (κ1) is 13.6. The van der Waals surface area contributed by atoms with Crippen LogP contribution in [-0.2, 0) is 6.54 Å². The lowest BCUT2D eigenvalue weighted by Crippen LogP contribution is -2.30. The molecule has 0 aliphatic heterocycles. The zero-order valence-electron chi connectivity index (χ0n) is 10.9. The van der Waals surface area contributed by atoms with E-state index in [1.807, 2.05) is 24.3 Å². The monoisotopic (exact) mass is 234 g/mol. The zero-order valence-corrected chi connectivity index (χ0v) is 10.9. The number of benzene rings is 1. The Morgan fingerprint density at radius 3 is 2.71 bits per heavy atom. The molecule has 0 fully saturated rings. The van der Waals surface area contributed by atoms with Crippen LogP contribution < -0.4 is 10.5 Å². The molecule has 0 aliphatic carbocycles. The van der Waals surface area contributed by atoms with Gasteiger partial charge in [0.2, 0.25) is 0 Å². The first-order valence-electron chi connectivity index (χ1n) is 5.85. The number of nitrogens with zero attached hydrogens (tertiary/aromatic N) is 1. The van der Waals surface area contributed by atoms with Crippen molar-refractivity contribution >= 4 is 5.69 Å². The Morgan fingerprint density at radius 1 is 1.47 bits per heavy atom. The van der Waals surface area contributed by atoms with E-state index in [4.69, 9.17) is 10.5 Å². The van der Waals surface area contributed by atoms with Gasteiger partial charge in [0, 0.05) is 36.4 Å². The van der Waals surface area contributed by atoms with Crippen molar-refractivity contribution in [3.63, 3.8) is 0 Å². The van der Waals surface area contributed by atoms with Gasteiger partial charge in [-0.1, -0.05) is 12.1 Å². The second-order valence-electron chi connectivity index (χ2n) is 4.38. The van der Waals surface area contributed by atoms with Crippen LogP contribution >= 0.6 is 0 Å². The minimum atomic E-state index is 0.468. The third-order valence-corrected chi connectivity index (χ3v) is 2.78. The molecule has 0 radical (unpaired) electrons. The number of hydrogen-bond donors (Lipinski definition) is 1. The summed E-state index contributed by atoms with van der Waals surface area (Å²) in [5, 5.41) is 0. The van der Waals surface area contributed by atoms with Crippen LogP contribution in [0.15, 0.2) is 30.9 Å². The molecule has 0 saturated heterocycles. The van der Waals surface area contributed by atoms with E-state index >= 15 is 0 Å². The van der Waals surface area contributed by atoms with E-state index in [1.165, 1.54) is 0 Å². The van der Waals surface area contributed by atoms with E-state index in [-0.39, 0.29) is 0 Å². The number of hydrogen-bond acceptors (Lipinski definition) is 3. The fourth-order valence-corrected chi connectivity index (χ4v) is 1.73. The van der Waals surface area contributed by atoms with Crippen LogP contribution in [-0.4, -0.2) is 24.6 Å². The van der Waals surface area contributed by atoms with Gasteiger partial charge in [-0.25, -0.2) is 0 Å². The molecule has 3 nitrogen and oxygen atoms in total. The third kappa shape index (κ3) is 3.79. The van der Waals surface area contributed by atoms with Crippen molar-refractivity contribution in [2.75, 3.05) is 19.4 Å². The second-order valence-corrected chi connectivity index (χ2v) is 4.38. The molecule has 0 unspecified atom stereocenters. The van der Waals surface area contributed by atoms with Crippen LogP contribution in [0.3, 0.4) is 0 Å². The van der Waals surface area contributed by atoms with Gasteiger partial charge in [0.25, 0.3) is 0 Å². The zero-order chi connectivity index (χ0) is 12.8. The first-order chi connectivity index (χ1) is 8.08. The average Bonchev–Trinajstić information content (AvgIpc) is 2.30. The summed E-state index contributed by atoms with van der Waals surface area (Å²) in [6, 6.07) is 6.26. The Balaban J connectivity index is 2.88. The van der Waals surface area contributed by atoms with Crippen LogP contribution in [0.4, 0.5) is 5.69 Å². The maximum atomic E-state index is 5.74. The fraction of sp³-hybridized carbons (Fsp3) is 0.429. The van der Waals surface area contributed by atoms with Crippen molar-refractivity contribution in [1.29, 1.82) is 0 Å². The van der Waals surface area contributed by atoms with Crippen LogP contribution in [0.5, 0.6) is 5.75 Å². The van der Waals surface area contributed by atoms with E-state index in [0.29, 0.717) is 6.04 Å². The van der Waals surface area contributed by atoms with Gasteiger partial charge in [-0.05, 0) is 19.9 Å². The number of methoxy groups -OCH3 is 1. The Labute approximate surface area is 104 Å². The SMILES string of the molecule is C=CCN(Cc1ccc(N)cc1OC)C(C)C. The molecule has 1 aromatic rings. The molecule has 0 amide bonds. The Hall–Kier alpha value is -1.48. The molecule has 94 valence electrons. The lowest BCUT2D eigenvalue weighted by molar-refractivity contribution is 0.234. The second kappa shape index (κ2) is 6.30. The van der Waals surface area contributed by atoms with Crippen molar-refractivity contribution in [3.8, 4) is 5.75 Å². The van der Waals surface area contributed by atoms with E-state index < -0.39 is 0 Å². The van der Waals surface area contributed by atoms with Gasteiger partial charge in [0.1, 0.15) is 5.75 Å². The molecule has 0 atom stereocenters. The molecule has 2 N–H and O–H groups in total. The maximum Gasteiger partial charge on any atom is 0.125 e. The lowest BCUT2D eigenvalue weighted by atomic mass is 10.1. The van der Waals surface area contributed by atoms with Gasteiger partial charge in [-0.3, -0.25) is 4.90 Å². The molecule has 3 heteroatoms. The summed E-state index contributed by atoms with van der Waals surface area (Å²) in [5.41, 5.74) is 7.62. The summed E-state index contributed by atoms with van der Waals surface area (Å²) >= 11 is 0. The maximum absolute atomic E-state index is 5.74. The minimum Gasteiger partial charge on any atom is -0.496 e. The van der Waals surface area contributed by atoms with Crippen LogP contribution in [0, 0.1) is 0 Å². The van der Waals surface area contributed by atoms with E-state index in [1.54, 1.807) is 7.11 Å². The summed E-state index contributed by atoms with van der Waals surface area (Å²) in [4.78, 5) is 2.32. The van der Waals surface area contributed by atoms with Gasteiger partial charge in [-0.2, -0.15) is 0 Å². The molecule has 0 spiro atoms. The van der Waals surface area contributed by atoms with Crippen molar-refractivity contribution in [2.24, 2.45) is 0 Å². The van der Waals surface area contributed by atoms with E-state index in [9.17, 15) is 0 Å². The summed E-state index contributed by atoms with van der Waals surface area (Å²) in [5.74, 6) is 0.847. The largest absolute Gasteiger partial charge is 0.496 e. The fourth-order valence-electron chi connectivity index (χ4n) is 1.73. The molecule has 17 heavy (non-hydrogen) atoms.